The molecule has 1 aliphatic rings. The number of alkyl halides is 1. The molecular formula is C20H23Cl2IN2O3S. The summed E-state index contributed by atoms with van der Waals surface area (Å²) < 4.78 is 0.508. The van der Waals surface area contributed by atoms with Crippen LogP contribution in [-0.2, 0) is 17.7 Å². The highest BCUT2D eigenvalue weighted by Crippen LogP contribution is 2.43. The molecule has 0 spiro atoms. The number of carboxylic acids is 1. The molecule has 0 aliphatic heterocycles. The van der Waals surface area contributed by atoms with E-state index in [1.165, 1.54) is 11.3 Å². The molecule has 0 amide bonds. The largest absolute Gasteiger partial charge is 0.477 e. The summed E-state index contributed by atoms with van der Waals surface area (Å²) >= 11 is 15.9. The van der Waals surface area contributed by atoms with Gasteiger partial charge in [-0.2, -0.15) is 0 Å². The third-order valence-corrected chi connectivity index (χ3v) is 8.50. The molecule has 0 bridgehead atoms. The van der Waals surface area contributed by atoms with Crippen LogP contribution in [0.1, 0.15) is 45.8 Å². The van der Waals surface area contributed by atoms with Crippen LogP contribution in [0.4, 0.5) is 0 Å². The molecule has 5 nitrogen and oxygen atoms in total. The highest BCUT2D eigenvalue weighted by Gasteiger charge is 2.41. The average molecular weight is 569 g/mol. The van der Waals surface area contributed by atoms with Gasteiger partial charge in [0, 0.05) is 8.80 Å². The van der Waals surface area contributed by atoms with Crippen molar-refractivity contribution in [3.05, 3.63) is 49.9 Å². The number of carbonyl (C=O) groups is 1. The Bertz CT molecular complexity index is 831. The van der Waals surface area contributed by atoms with Crippen LogP contribution < -0.4 is 5.90 Å². The van der Waals surface area contributed by atoms with Crippen molar-refractivity contribution in [2.24, 2.45) is 17.7 Å². The minimum absolute atomic E-state index is 0.0510. The van der Waals surface area contributed by atoms with Gasteiger partial charge in [-0.05, 0) is 80.2 Å². The van der Waals surface area contributed by atoms with E-state index in [4.69, 9.17) is 39.0 Å². The topological polar surface area (TPSA) is 85.4 Å². The monoisotopic (exact) mass is 568 g/mol. The van der Waals surface area contributed by atoms with Crippen LogP contribution in [0, 0.1) is 11.8 Å². The summed E-state index contributed by atoms with van der Waals surface area (Å²) in [5, 5.41) is 9.89. The SMILES string of the molecule is NO[C@@H]1C[C@@H](I)[C@H](CCCc2ccc(C(=O)O)s2)[C@H]1CCc1cc(Cl)nc(Cl)c1. The smallest absolute Gasteiger partial charge is 0.345 e. The van der Waals surface area contributed by atoms with Gasteiger partial charge in [-0.3, -0.25) is 0 Å². The fourth-order valence-corrected chi connectivity index (χ4v) is 6.99. The number of aryl methyl sites for hydroxylation is 2. The number of thiophene rings is 1. The number of carboxylic acid groups (broad SMARTS) is 1. The minimum atomic E-state index is -0.858. The number of hydrogen-bond donors (Lipinski definition) is 2. The van der Waals surface area contributed by atoms with Crippen molar-refractivity contribution in [1.82, 2.24) is 4.98 Å². The molecule has 0 aromatic carbocycles. The maximum Gasteiger partial charge on any atom is 0.345 e. The Labute approximate surface area is 198 Å². The van der Waals surface area contributed by atoms with Crippen molar-refractivity contribution in [2.75, 3.05) is 0 Å². The van der Waals surface area contributed by atoms with Crippen LogP contribution in [0.2, 0.25) is 10.3 Å². The molecule has 0 saturated heterocycles. The summed E-state index contributed by atoms with van der Waals surface area (Å²) in [4.78, 5) is 21.9. The Morgan fingerprint density at radius 1 is 1.24 bits per heavy atom. The Morgan fingerprint density at radius 2 is 1.97 bits per heavy atom. The normalized spacial score (nSPS) is 24.1. The molecular weight excluding hydrogens is 546 g/mol. The molecule has 3 N–H and O–H groups in total. The van der Waals surface area contributed by atoms with E-state index >= 15 is 0 Å². The third-order valence-electron chi connectivity index (χ3n) is 5.55. The number of hydrogen-bond acceptors (Lipinski definition) is 5. The van der Waals surface area contributed by atoms with Crippen LogP contribution in [0.3, 0.4) is 0 Å². The van der Waals surface area contributed by atoms with Crippen LogP contribution in [0.15, 0.2) is 24.3 Å². The van der Waals surface area contributed by atoms with Gasteiger partial charge in [-0.25, -0.2) is 15.7 Å². The first-order chi connectivity index (χ1) is 13.9. The lowest BCUT2D eigenvalue weighted by Gasteiger charge is -2.25. The van der Waals surface area contributed by atoms with Gasteiger partial charge in [-0.1, -0.05) is 45.8 Å². The molecule has 1 aliphatic carbocycles. The number of nitrogens with zero attached hydrogens (tertiary/aromatic N) is 1. The number of aromatic nitrogens is 1. The Kier molecular flexibility index (Phi) is 8.59. The van der Waals surface area contributed by atoms with Gasteiger partial charge in [0.15, 0.2) is 0 Å². The molecule has 0 radical (unpaired) electrons. The zero-order chi connectivity index (χ0) is 21.0. The van der Waals surface area contributed by atoms with Gasteiger partial charge in [0.2, 0.25) is 0 Å². The van der Waals surface area contributed by atoms with Gasteiger partial charge < -0.3 is 9.94 Å². The standard InChI is InChI=1S/C20H23Cl2IN2O3S/c21-18-8-11(9-19(22)25-18)4-6-14-13(15(23)10-16(14)28-24)3-1-2-12-5-7-17(29-12)20(26)27/h5,7-9,13-16H,1-4,6,10,24H2,(H,26,27)/t13-,14-,15-,16-/m1/s1. The fourth-order valence-electron chi connectivity index (χ4n) is 4.20. The van der Waals surface area contributed by atoms with E-state index in [1.807, 2.05) is 18.2 Å². The fraction of sp³-hybridized carbons (Fsp3) is 0.500. The predicted octanol–water partition coefficient (Wildman–Crippen LogP) is 5.80. The van der Waals surface area contributed by atoms with E-state index in [0.29, 0.717) is 30.9 Å². The number of nitrogens with two attached hydrogens (primary N) is 1. The predicted molar refractivity (Wildman–Crippen MR) is 125 cm³/mol. The van der Waals surface area contributed by atoms with Crippen molar-refractivity contribution in [2.45, 2.75) is 48.6 Å². The van der Waals surface area contributed by atoms with E-state index in [1.54, 1.807) is 6.07 Å². The second-order valence-corrected chi connectivity index (χ2v) is 10.9. The number of halogens is 3. The molecule has 1 saturated carbocycles. The van der Waals surface area contributed by atoms with E-state index < -0.39 is 5.97 Å². The molecule has 2 aromatic heterocycles. The lowest BCUT2D eigenvalue weighted by molar-refractivity contribution is 0.0158. The second-order valence-electron chi connectivity index (χ2n) is 7.38. The number of pyridine rings is 1. The van der Waals surface area contributed by atoms with Gasteiger partial charge in [0.1, 0.15) is 15.2 Å². The summed E-state index contributed by atoms with van der Waals surface area (Å²) in [6.07, 6.45) is 5.78. The van der Waals surface area contributed by atoms with E-state index in [0.717, 1.165) is 49.0 Å². The third kappa shape index (κ3) is 6.27. The Morgan fingerprint density at radius 3 is 2.59 bits per heavy atom. The van der Waals surface area contributed by atoms with Crippen LogP contribution >= 0.6 is 57.1 Å². The summed E-state index contributed by atoms with van der Waals surface area (Å²) in [6, 6.07) is 7.32. The van der Waals surface area contributed by atoms with E-state index in [2.05, 4.69) is 27.6 Å². The van der Waals surface area contributed by atoms with Crippen LogP contribution in [0.25, 0.3) is 0 Å². The Hall–Kier alpha value is -0.450. The molecule has 158 valence electrons. The van der Waals surface area contributed by atoms with Crippen molar-refractivity contribution in [3.63, 3.8) is 0 Å². The van der Waals surface area contributed by atoms with Crippen molar-refractivity contribution >= 4 is 63.1 Å². The van der Waals surface area contributed by atoms with Gasteiger partial charge in [0.05, 0.1) is 6.10 Å². The maximum atomic E-state index is 11.0. The zero-order valence-electron chi connectivity index (χ0n) is 15.7. The molecule has 9 heteroatoms. The lowest BCUT2D eigenvalue weighted by Crippen LogP contribution is -2.26. The average Bonchev–Trinajstić information content (AvgIpc) is 3.24. The minimum Gasteiger partial charge on any atom is -0.477 e. The van der Waals surface area contributed by atoms with Gasteiger partial charge >= 0.3 is 5.97 Å². The number of aromatic carboxylic acids is 1. The lowest BCUT2D eigenvalue weighted by atomic mass is 9.85. The summed E-state index contributed by atoms with van der Waals surface area (Å²) in [5.74, 6) is 5.63. The van der Waals surface area contributed by atoms with Crippen LogP contribution in [0.5, 0.6) is 0 Å². The first-order valence-electron chi connectivity index (χ1n) is 9.51. The molecule has 4 atom stereocenters. The summed E-state index contributed by atoms with van der Waals surface area (Å²) in [7, 11) is 0. The van der Waals surface area contributed by atoms with Gasteiger partial charge in [-0.15, -0.1) is 11.3 Å². The first kappa shape index (κ1) is 23.2. The quantitative estimate of drug-likeness (QED) is 0.173. The maximum absolute atomic E-state index is 11.0. The highest BCUT2D eigenvalue weighted by atomic mass is 127. The Balaban J connectivity index is 1.59. The molecule has 29 heavy (non-hydrogen) atoms. The van der Waals surface area contributed by atoms with Gasteiger partial charge in [0.25, 0.3) is 0 Å². The number of rotatable bonds is 9. The van der Waals surface area contributed by atoms with Crippen molar-refractivity contribution in [1.29, 1.82) is 0 Å². The second kappa shape index (κ2) is 10.7. The zero-order valence-corrected chi connectivity index (χ0v) is 20.2. The summed E-state index contributed by atoms with van der Waals surface area (Å²) in [6.45, 7) is 0. The van der Waals surface area contributed by atoms with Crippen molar-refractivity contribution < 1.29 is 14.7 Å². The van der Waals surface area contributed by atoms with E-state index in [9.17, 15) is 4.79 Å². The molecule has 3 rings (SSSR count). The van der Waals surface area contributed by atoms with Crippen molar-refractivity contribution in [3.8, 4) is 0 Å². The highest BCUT2D eigenvalue weighted by molar-refractivity contribution is 14.1. The molecule has 2 heterocycles. The summed E-state index contributed by atoms with van der Waals surface area (Å²) in [5.41, 5.74) is 1.07. The van der Waals surface area contributed by atoms with Crippen LogP contribution in [-0.4, -0.2) is 26.1 Å². The molecule has 2 aromatic rings. The molecule has 0 unspecified atom stereocenters. The van der Waals surface area contributed by atoms with E-state index in [-0.39, 0.29) is 6.10 Å². The molecule has 1 fully saturated rings. The first-order valence-corrected chi connectivity index (χ1v) is 12.3.